The van der Waals surface area contributed by atoms with E-state index in [9.17, 15) is 4.79 Å². The van der Waals surface area contributed by atoms with Gasteiger partial charge in [0.2, 0.25) is 5.24 Å². The van der Waals surface area contributed by atoms with Crippen molar-refractivity contribution in [3.8, 4) is 0 Å². The second-order valence-corrected chi connectivity index (χ2v) is 5.28. The van der Waals surface area contributed by atoms with Crippen LogP contribution in [0.5, 0.6) is 0 Å². The quantitative estimate of drug-likeness (QED) is 0.713. The molecule has 0 aromatic heterocycles. The molecule has 2 unspecified atom stereocenters. The average molecular weight is 237 g/mol. The molecule has 1 fully saturated rings. The fourth-order valence-corrected chi connectivity index (χ4v) is 3.15. The van der Waals surface area contributed by atoms with Crippen molar-refractivity contribution in [2.75, 3.05) is 0 Å². The van der Waals surface area contributed by atoms with Gasteiger partial charge in [-0.05, 0) is 67.8 Å². The molecule has 0 radical (unpaired) electrons. The van der Waals surface area contributed by atoms with E-state index in [0.29, 0.717) is 5.92 Å². The molecule has 16 heavy (non-hydrogen) atoms. The largest absolute Gasteiger partial charge is 0.281 e. The van der Waals surface area contributed by atoms with Crippen molar-refractivity contribution in [3.63, 3.8) is 0 Å². The molecule has 1 aliphatic rings. The Bertz CT molecular complexity index is 413. The molecule has 2 heteroatoms. The standard InChI is InChI=1S/C14H17ClO/c1-8-6-9(2)13(10(3)7-8)11-4-5-12(11)14(15)16/h6-7,11-12H,4-5H2,1-3H3. The van der Waals surface area contributed by atoms with Gasteiger partial charge in [0.15, 0.2) is 0 Å². The van der Waals surface area contributed by atoms with Crippen LogP contribution in [0.1, 0.15) is 41.0 Å². The number of halogens is 1. The van der Waals surface area contributed by atoms with Crippen molar-refractivity contribution < 1.29 is 4.79 Å². The van der Waals surface area contributed by atoms with Crippen LogP contribution in [0.3, 0.4) is 0 Å². The van der Waals surface area contributed by atoms with Gasteiger partial charge in [0, 0.05) is 5.92 Å². The van der Waals surface area contributed by atoms with Crippen LogP contribution < -0.4 is 0 Å². The van der Waals surface area contributed by atoms with E-state index in [0.717, 1.165) is 12.8 Å². The molecule has 1 saturated carbocycles. The van der Waals surface area contributed by atoms with E-state index < -0.39 is 0 Å². The summed E-state index contributed by atoms with van der Waals surface area (Å²) in [5.41, 5.74) is 5.22. The van der Waals surface area contributed by atoms with Crippen molar-refractivity contribution in [1.82, 2.24) is 0 Å². The highest BCUT2D eigenvalue weighted by molar-refractivity contribution is 6.64. The van der Waals surface area contributed by atoms with Gasteiger partial charge >= 0.3 is 0 Å². The van der Waals surface area contributed by atoms with Gasteiger partial charge < -0.3 is 0 Å². The van der Waals surface area contributed by atoms with Crippen LogP contribution >= 0.6 is 11.6 Å². The predicted molar refractivity (Wildman–Crippen MR) is 67.0 cm³/mol. The molecule has 1 nitrogen and oxygen atoms in total. The number of hydrogen-bond donors (Lipinski definition) is 0. The van der Waals surface area contributed by atoms with E-state index in [1.165, 1.54) is 22.3 Å². The summed E-state index contributed by atoms with van der Waals surface area (Å²) in [5, 5.41) is -0.171. The summed E-state index contributed by atoms with van der Waals surface area (Å²) in [6, 6.07) is 4.38. The van der Waals surface area contributed by atoms with Gasteiger partial charge in [0.05, 0.1) is 0 Å². The lowest BCUT2D eigenvalue weighted by Crippen LogP contribution is -2.29. The van der Waals surface area contributed by atoms with Crippen LogP contribution in [0.4, 0.5) is 0 Å². The summed E-state index contributed by atoms with van der Waals surface area (Å²) in [7, 11) is 0. The molecule has 1 aromatic carbocycles. The van der Waals surface area contributed by atoms with Gasteiger partial charge in [-0.3, -0.25) is 4.79 Å². The van der Waals surface area contributed by atoms with E-state index in [1.807, 2.05) is 0 Å². The van der Waals surface area contributed by atoms with Gasteiger partial charge in [-0.15, -0.1) is 0 Å². The Hall–Kier alpha value is -0.820. The maximum atomic E-state index is 11.3. The van der Waals surface area contributed by atoms with Gasteiger partial charge in [-0.2, -0.15) is 0 Å². The summed E-state index contributed by atoms with van der Waals surface area (Å²) in [6.45, 7) is 6.36. The lowest BCUT2D eigenvalue weighted by atomic mass is 9.68. The highest BCUT2D eigenvalue weighted by Gasteiger charge is 2.37. The third-order valence-electron chi connectivity index (χ3n) is 3.67. The monoisotopic (exact) mass is 236 g/mol. The zero-order chi connectivity index (χ0) is 11.9. The van der Waals surface area contributed by atoms with Crippen molar-refractivity contribution in [2.45, 2.75) is 39.5 Å². The first-order chi connectivity index (χ1) is 7.50. The fourth-order valence-electron chi connectivity index (χ4n) is 2.89. The average Bonchev–Trinajstić information content (AvgIpc) is 2.07. The molecule has 0 spiro atoms. The number of aryl methyl sites for hydroxylation is 3. The third kappa shape index (κ3) is 1.89. The second kappa shape index (κ2) is 4.21. The first kappa shape index (κ1) is 11.7. The third-order valence-corrected chi connectivity index (χ3v) is 3.96. The van der Waals surface area contributed by atoms with Gasteiger partial charge in [0.25, 0.3) is 0 Å². The SMILES string of the molecule is Cc1cc(C)c(C2CCC2C(=O)Cl)c(C)c1. The zero-order valence-corrected chi connectivity index (χ0v) is 10.8. The molecule has 86 valence electrons. The molecular formula is C14H17ClO. The van der Waals surface area contributed by atoms with E-state index >= 15 is 0 Å². The first-order valence-electron chi connectivity index (χ1n) is 5.77. The van der Waals surface area contributed by atoms with Crippen LogP contribution in [0.2, 0.25) is 0 Å². The first-order valence-corrected chi connectivity index (χ1v) is 6.15. The Balaban J connectivity index is 2.38. The lowest BCUT2D eigenvalue weighted by Gasteiger charge is -2.36. The topological polar surface area (TPSA) is 17.1 Å². The zero-order valence-electron chi connectivity index (χ0n) is 10.0. The minimum Gasteiger partial charge on any atom is -0.281 e. The van der Waals surface area contributed by atoms with E-state index in [2.05, 4.69) is 32.9 Å². The van der Waals surface area contributed by atoms with Crippen LogP contribution in [-0.2, 0) is 4.79 Å². The molecular weight excluding hydrogens is 220 g/mol. The number of hydrogen-bond acceptors (Lipinski definition) is 1. The van der Waals surface area contributed by atoms with Gasteiger partial charge in [0.1, 0.15) is 0 Å². The smallest absolute Gasteiger partial charge is 0.225 e. The molecule has 0 N–H and O–H groups in total. The highest BCUT2D eigenvalue weighted by atomic mass is 35.5. The van der Waals surface area contributed by atoms with Crippen LogP contribution in [0.25, 0.3) is 0 Å². The Morgan fingerprint density at radius 1 is 1.19 bits per heavy atom. The lowest BCUT2D eigenvalue weighted by molar-refractivity contribution is -0.118. The summed E-state index contributed by atoms with van der Waals surface area (Å²) in [4.78, 5) is 11.3. The Kier molecular flexibility index (Phi) is 3.07. The summed E-state index contributed by atoms with van der Waals surface area (Å²) in [5.74, 6) is 0.396. The second-order valence-electron chi connectivity index (χ2n) is 4.91. The molecule has 0 saturated heterocycles. The number of carbonyl (C=O) groups excluding carboxylic acids is 1. The molecule has 0 aliphatic heterocycles. The van der Waals surface area contributed by atoms with E-state index in [-0.39, 0.29) is 11.2 Å². The van der Waals surface area contributed by atoms with Gasteiger partial charge in [-0.25, -0.2) is 0 Å². The molecule has 0 heterocycles. The normalized spacial score (nSPS) is 24.0. The molecule has 1 aromatic rings. The summed E-state index contributed by atoms with van der Waals surface area (Å²) < 4.78 is 0. The van der Waals surface area contributed by atoms with Crippen LogP contribution in [-0.4, -0.2) is 5.24 Å². The summed E-state index contributed by atoms with van der Waals surface area (Å²) in [6.07, 6.45) is 2.04. The van der Waals surface area contributed by atoms with Crippen molar-refractivity contribution in [2.24, 2.45) is 5.92 Å². The number of benzene rings is 1. The Morgan fingerprint density at radius 2 is 1.75 bits per heavy atom. The van der Waals surface area contributed by atoms with Crippen molar-refractivity contribution in [1.29, 1.82) is 0 Å². The van der Waals surface area contributed by atoms with Crippen LogP contribution in [0.15, 0.2) is 12.1 Å². The Morgan fingerprint density at radius 3 is 2.12 bits per heavy atom. The van der Waals surface area contributed by atoms with Crippen LogP contribution in [0, 0.1) is 26.7 Å². The van der Waals surface area contributed by atoms with Crippen molar-refractivity contribution in [3.05, 3.63) is 34.4 Å². The minimum absolute atomic E-state index is 0.0433. The maximum absolute atomic E-state index is 11.3. The molecule has 2 atom stereocenters. The van der Waals surface area contributed by atoms with Crippen molar-refractivity contribution >= 4 is 16.8 Å². The van der Waals surface area contributed by atoms with Gasteiger partial charge in [-0.1, -0.05) is 17.7 Å². The minimum atomic E-state index is -0.171. The predicted octanol–water partition coefficient (Wildman–Crippen LogP) is 3.87. The number of rotatable bonds is 2. The molecule has 0 bridgehead atoms. The number of carbonyl (C=O) groups is 1. The van der Waals surface area contributed by atoms with E-state index in [1.54, 1.807) is 0 Å². The fraction of sp³-hybridized carbons (Fsp3) is 0.500. The maximum Gasteiger partial charge on any atom is 0.225 e. The molecule has 2 rings (SSSR count). The molecule has 0 amide bonds. The highest BCUT2D eigenvalue weighted by Crippen LogP contribution is 2.46. The Labute approximate surface area is 102 Å². The van der Waals surface area contributed by atoms with E-state index in [4.69, 9.17) is 11.6 Å². The summed E-state index contributed by atoms with van der Waals surface area (Å²) >= 11 is 5.62. The molecule has 1 aliphatic carbocycles.